The summed E-state index contributed by atoms with van der Waals surface area (Å²) in [5.41, 5.74) is 3.77. The number of aliphatic hydroxyl groups is 2. The lowest BCUT2D eigenvalue weighted by atomic mass is 9.98. The van der Waals surface area contributed by atoms with Crippen LogP contribution < -0.4 is 20.1 Å². The first-order valence-electron chi connectivity index (χ1n) is 12.1. The van der Waals surface area contributed by atoms with E-state index in [9.17, 15) is 19.1 Å². The van der Waals surface area contributed by atoms with E-state index in [1.54, 1.807) is 60.1 Å². The number of rotatable bonds is 8. The highest BCUT2D eigenvalue weighted by Gasteiger charge is 2.24. The summed E-state index contributed by atoms with van der Waals surface area (Å²) in [5, 5.41) is 27.8. The maximum Gasteiger partial charge on any atom is 0.256 e. The standard InChI is InChI=1S/C29H25FN2O6S/c1-16-8-24(30)26(32-29(36)18-6-7-39-15-18)11-25(16)31-19-3-5-22-27(9-19)38-13-17-2-4-21(10-23(17)28(22)35)37-14-20(34)12-33/h2-11,15,20,31,33-34H,12-14H2,1H3,(H,32,36)/t20-/m1/s1. The lowest BCUT2D eigenvalue weighted by molar-refractivity contribution is 0.0536. The van der Waals surface area contributed by atoms with E-state index in [1.165, 1.54) is 23.5 Å². The van der Waals surface area contributed by atoms with Gasteiger partial charge in [-0.15, -0.1) is 0 Å². The van der Waals surface area contributed by atoms with Gasteiger partial charge in [-0.25, -0.2) is 4.39 Å². The van der Waals surface area contributed by atoms with Crippen molar-refractivity contribution in [3.63, 3.8) is 0 Å². The van der Waals surface area contributed by atoms with Crippen molar-refractivity contribution in [2.75, 3.05) is 23.8 Å². The lowest BCUT2D eigenvalue weighted by Crippen LogP contribution is -2.21. The molecule has 0 saturated carbocycles. The number of thiophene rings is 1. The number of amides is 1. The summed E-state index contributed by atoms with van der Waals surface area (Å²) in [6.07, 6.45) is -1.02. The second-order valence-electron chi connectivity index (χ2n) is 9.03. The Labute approximate surface area is 227 Å². The van der Waals surface area contributed by atoms with E-state index in [-0.39, 0.29) is 24.7 Å². The van der Waals surface area contributed by atoms with Crippen molar-refractivity contribution in [1.29, 1.82) is 0 Å². The van der Waals surface area contributed by atoms with Crippen LogP contribution in [0.15, 0.2) is 65.4 Å². The number of nitrogens with one attached hydrogen (secondary N) is 2. The van der Waals surface area contributed by atoms with Crippen molar-refractivity contribution in [2.45, 2.75) is 19.6 Å². The van der Waals surface area contributed by atoms with Crippen LogP contribution in [0.5, 0.6) is 11.5 Å². The van der Waals surface area contributed by atoms with Crippen molar-refractivity contribution in [3.8, 4) is 11.5 Å². The van der Waals surface area contributed by atoms with E-state index in [4.69, 9.17) is 14.6 Å². The molecule has 0 unspecified atom stereocenters. The van der Waals surface area contributed by atoms with Gasteiger partial charge in [0, 0.05) is 33.9 Å². The first kappa shape index (κ1) is 26.4. The highest BCUT2D eigenvalue weighted by Crippen LogP contribution is 2.34. The number of ether oxygens (including phenoxy) is 2. The predicted octanol–water partition coefficient (Wildman–Crippen LogP) is 5.05. The predicted molar refractivity (Wildman–Crippen MR) is 146 cm³/mol. The summed E-state index contributed by atoms with van der Waals surface area (Å²) in [7, 11) is 0. The van der Waals surface area contributed by atoms with Crippen LogP contribution in [-0.4, -0.2) is 41.2 Å². The molecule has 2 heterocycles. The van der Waals surface area contributed by atoms with Gasteiger partial charge in [-0.3, -0.25) is 9.59 Å². The minimum atomic E-state index is -1.02. The second-order valence-corrected chi connectivity index (χ2v) is 9.81. The molecule has 200 valence electrons. The zero-order chi connectivity index (χ0) is 27.5. The molecule has 5 rings (SSSR count). The lowest BCUT2D eigenvalue weighted by Gasteiger charge is -2.15. The molecule has 0 radical (unpaired) electrons. The zero-order valence-corrected chi connectivity index (χ0v) is 21.7. The Kier molecular flexibility index (Phi) is 7.60. The largest absolute Gasteiger partial charge is 0.491 e. The number of halogens is 1. The molecule has 10 heteroatoms. The summed E-state index contributed by atoms with van der Waals surface area (Å²) in [6, 6.07) is 14.6. The molecule has 0 spiro atoms. The van der Waals surface area contributed by atoms with Crippen molar-refractivity contribution in [3.05, 3.63) is 99.0 Å². The summed E-state index contributed by atoms with van der Waals surface area (Å²) < 4.78 is 26.1. The van der Waals surface area contributed by atoms with Crippen molar-refractivity contribution < 1.29 is 33.7 Å². The fraction of sp³-hybridized carbons (Fsp3) is 0.172. The number of hydrogen-bond donors (Lipinski definition) is 4. The molecule has 0 aliphatic carbocycles. The Morgan fingerprint density at radius 2 is 1.97 bits per heavy atom. The quantitative estimate of drug-likeness (QED) is 0.244. The molecule has 1 aromatic heterocycles. The van der Waals surface area contributed by atoms with Gasteiger partial charge >= 0.3 is 0 Å². The summed E-state index contributed by atoms with van der Waals surface area (Å²) in [6.45, 7) is 1.37. The summed E-state index contributed by atoms with van der Waals surface area (Å²) in [5.74, 6) is -0.423. The van der Waals surface area contributed by atoms with Gasteiger partial charge in [0.2, 0.25) is 0 Å². The van der Waals surface area contributed by atoms with E-state index in [1.807, 2.05) is 0 Å². The van der Waals surface area contributed by atoms with Crippen LogP contribution in [0.25, 0.3) is 0 Å². The molecule has 0 bridgehead atoms. The highest BCUT2D eigenvalue weighted by molar-refractivity contribution is 7.08. The van der Waals surface area contributed by atoms with Gasteiger partial charge in [0.05, 0.1) is 23.4 Å². The number of carbonyl (C=O) groups is 2. The topological polar surface area (TPSA) is 117 Å². The molecular formula is C29H25FN2O6S. The van der Waals surface area contributed by atoms with Crippen LogP contribution in [0.4, 0.5) is 21.5 Å². The van der Waals surface area contributed by atoms with Gasteiger partial charge in [-0.2, -0.15) is 11.3 Å². The SMILES string of the molecule is Cc1cc(F)c(NC(=O)c2ccsc2)cc1Nc1ccc2c(c1)OCc1ccc(OC[C@H](O)CO)cc1C2=O. The minimum absolute atomic E-state index is 0.0421. The molecule has 39 heavy (non-hydrogen) atoms. The Morgan fingerprint density at radius 3 is 2.74 bits per heavy atom. The molecule has 0 fully saturated rings. The van der Waals surface area contributed by atoms with Crippen LogP contribution in [0.2, 0.25) is 0 Å². The van der Waals surface area contributed by atoms with Crippen LogP contribution in [0.3, 0.4) is 0 Å². The molecule has 4 aromatic rings. The fourth-order valence-corrected chi connectivity index (χ4v) is 4.72. The molecule has 0 saturated heterocycles. The molecular weight excluding hydrogens is 523 g/mol. The average molecular weight is 549 g/mol. The van der Waals surface area contributed by atoms with Crippen LogP contribution in [0, 0.1) is 12.7 Å². The third-order valence-electron chi connectivity index (χ3n) is 6.21. The first-order chi connectivity index (χ1) is 18.8. The number of fused-ring (bicyclic) bond motifs is 2. The minimum Gasteiger partial charge on any atom is -0.491 e. The van der Waals surface area contributed by atoms with E-state index < -0.39 is 24.4 Å². The number of hydrogen-bond acceptors (Lipinski definition) is 8. The van der Waals surface area contributed by atoms with Crippen LogP contribution in [-0.2, 0) is 6.61 Å². The van der Waals surface area contributed by atoms with Crippen LogP contribution in [0.1, 0.15) is 37.4 Å². The summed E-state index contributed by atoms with van der Waals surface area (Å²) >= 11 is 1.38. The molecule has 4 N–H and O–H groups in total. The number of ketones is 1. The summed E-state index contributed by atoms with van der Waals surface area (Å²) in [4.78, 5) is 25.8. The fourth-order valence-electron chi connectivity index (χ4n) is 4.08. The van der Waals surface area contributed by atoms with Gasteiger partial charge in [0.15, 0.2) is 5.78 Å². The van der Waals surface area contributed by atoms with Crippen molar-refractivity contribution >= 4 is 40.1 Å². The van der Waals surface area contributed by atoms with Gasteiger partial charge in [0.25, 0.3) is 5.91 Å². The third kappa shape index (κ3) is 5.78. The average Bonchev–Trinajstić information content (AvgIpc) is 3.44. The number of carbonyl (C=O) groups excluding carboxylic acids is 2. The Bertz CT molecular complexity index is 1540. The molecule has 1 aliphatic rings. The Balaban J connectivity index is 1.36. The van der Waals surface area contributed by atoms with Crippen molar-refractivity contribution in [1.82, 2.24) is 0 Å². The third-order valence-corrected chi connectivity index (χ3v) is 6.90. The van der Waals surface area contributed by atoms with E-state index >= 15 is 0 Å². The zero-order valence-electron chi connectivity index (χ0n) is 20.9. The van der Waals surface area contributed by atoms with Gasteiger partial charge in [-0.05, 0) is 60.3 Å². The van der Waals surface area contributed by atoms with Crippen molar-refractivity contribution in [2.24, 2.45) is 0 Å². The monoisotopic (exact) mass is 548 g/mol. The van der Waals surface area contributed by atoms with E-state index in [2.05, 4.69) is 10.6 Å². The number of aliphatic hydroxyl groups excluding tert-OH is 2. The normalized spacial score (nSPS) is 13.0. The molecule has 1 amide bonds. The Hall–Kier alpha value is -4.25. The highest BCUT2D eigenvalue weighted by atomic mass is 32.1. The molecule has 3 aromatic carbocycles. The van der Waals surface area contributed by atoms with E-state index in [0.717, 1.165) is 0 Å². The first-order valence-corrected chi connectivity index (χ1v) is 13.0. The smallest absolute Gasteiger partial charge is 0.256 e. The van der Waals surface area contributed by atoms with Gasteiger partial charge in [-0.1, -0.05) is 6.07 Å². The number of anilines is 3. The molecule has 8 nitrogen and oxygen atoms in total. The van der Waals surface area contributed by atoms with Gasteiger partial charge < -0.3 is 30.3 Å². The van der Waals surface area contributed by atoms with E-state index in [0.29, 0.717) is 50.7 Å². The maximum atomic E-state index is 14.6. The number of aryl methyl sites for hydroxylation is 1. The molecule has 1 atom stereocenters. The Morgan fingerprint density at radius 1 is 1.13 bits per heavy atom. The van der Waals surface area contributed by atoms with Crippen LogP contribution >= 0.6 is 11.3 Å². The van der Waals surface area contributed by atoms with Gasteiger partial charge in [0.1, 0.15) is 36.6 Å². The maximum absolute atomic E-state index is 14.6. The second kappa shape index (κ2) is 11.2. The number of benzene rings is 3. The molecule has 1 aliphatic heterocycles.